The van der Waals surface area contributed by atoms with Crippen molar-refractivity contribution < 1.29 is 0 Å². The van der Waals surface area contributed by atoms with Gasteiger partial charge in [-0.05, 0) is 77.1 Å². The first-order chi connectivity index (χ1) is 17.1. The zero-order valence-electron chi connectivity index (χ0n) is 23.9. The minimum Gasteiger partial charge on any atom is -0.0961 e. The lowest BCUT2D eigenvalue weighted by atomic mass is 9.66. The topological polar surface area (TPSA) is 0 Å². The highest BCUT2D eigenvalue weighted by Gasteiger charge is 2.47. The van der Waals surface area contributed by atoms with Gasteiger partial charge in [-0.25, -0.2) is 0 Å². The fraction of sp³-hybridized carbons (Fsp3) is 0.333. The molecule has 0 amide bonds. The van der Waals surface area contributed by atoms with Gasteiger partial charge in [0, 0.05) is 0 Å². The van der Waals surface area contributed by atoms with E-state index in [4.69, 9.17) is 0 Å². The summed E-state index contributed by atoms with van der Waals surface area (Å²) in [4.78, 5) is 0. The van der Waals surface area contributed by atoms with Crippen LogP contribution >= 0.6 is 0 Å². The van der Waals surface area contributed by atoms with Gasteiger partial charge in [0.1, 0.15) is 0 Å². The normalized spacial score (nSPS) is 16.9. The van der Waals surface area contributed by atoms with Crippen molar-refractivity contribution in [1.29, 1.82) is 0 Å². The van der Waals surface area contributed by atoms with Gasteiger partial charge in [0.2, 0.25) is 0 Å². The van der Waals surface area contributed by atoms with E-state index in [1.54, 1.807) is 0 Å². The summed E-state index contributed by atoms with van der Waals surface area (Å²) in [5.74, 6) is 0. The summed E-state index contributed by atoms with van der Waals surface area (Å²) in [7, 11) is 0. The summed E-state index contributed by atoms with van der Waals surface area (Å²) in [6.45, 7) is 23.7. The number of hydrogen-bond donors (Lipinski definition) is 0. The maximum Gasteiger partial charge on any atom is 0.0710 e. The molecule has 36 heavy (non-hydrogen) atoms. The molecule has 0 heterocycles. The van der Waals surface area contributed by atoms with Crippen molar-refractivity contribution in [2.45, 2.75) is 79.6 Å². The van der Waals surface area contributed by atoms with Gasteiger partial charge in [0.15, 0.2) is 0 Å². The van der Waals surface area contributed by atoms with Crippen molar-refractivity contribution in [2.24, 2.45) is 0 Å². The molecule has 0 heteroatoms. The molecular formula is C36H44. The second-order valence-corrected chi connectivity index (χ2v) is 10.8. The molecule has 3 aromatic rings. The third kappa shape index (κ3) is 4.79. The first kappa shape index (κ1) is 27.5. The standard InChI is InChI=1S/C34H38.C2H6/c1-9-25-14-19-29-30-20-18-28(33(6,7)8)22-32(30)34(31(29)21-25,26(10-2)15-11-23(3)4)27-16-12-24(5)13-17-27;1-2/h10-22H,3,9H2,1-2,4-8H3;1-2H3/b15-11-,26-10+;. The summed E-state index contributed by atoms with van der Waals surface area (Å²) in [6.07, 6.45) is 7.75. The highest BCUT2D eigenvalue weighted by Crippen LogP contribution is 2.57. The summed E-state index contributed by atoms with van der Waals surface area (Å²) in [5.41, 5.74) is 12.8. The van der Waals surface area contributed by atoms with E-state index in [1.165, 1.54) is 50.1 Å². The number of hydrogen-bond acceptors (Lipinski definition) is 0. The van der Waals surface area contributed by atoms with Crippen molar-refractivity contribution in [1.82, 2.24) is 0 Å². The van der Waals surface area contributed by atoms with Crippen LogP contribution in [0.25, 0.3) is 11.1 Å². The maximum atomic E-state index is 4.14. The molecule has 0 aliphatic heterocycles. The molecule has 0 saturated heterocycles. The van der Waals surface area contributed by atoms with Crippen LogP contribution in [0.2, 0.25) is 0 Å². The largest absolute Gasteiger partial charge is 0.0961 e. The van der Waals surface area contributed by atoms with Crippen molar-refractivity contribution in [3.8, 4) is 11.1 Å². The highest BCUT2D eigenvalue weighted by molar-refractivity contribution is 5.87. The molecule has 188 valence electrons. The van der Waals surface area contributed by atoms with Crippen LogP contribution in [0.3, 0.4) is 0 Å². The Kier molecular flexibility index (Phi) is 8.29. The van der Waals surface area contributed by atoms with E-state index in [-0.39, 0.29) is 10.8 Å². The van der Waals surface area contributed by atoms with Crippen LogP contribution in [-0.2, 0) is 17.3 Å². The van der Waals surface area contributed by atoms with Crippen LogP contribution in [0, 0.1) is 6.92 Å². The van der Waals surface area contributed by atoms with Crippen LogP contribution in [0.15, 0.2) is 96.6 Å². The van der Waals surface area contributed by atoms with Crippen molar-refractivity contribution in [3.05, 3.63) is 130 Å². The monoisotopic (exact) mass is 476 g/mol. The second kappa shape index (κ2) is 10.9. The van der Waals surface area contributed by atoms with Crippen LogP contribution in [0.4, 0.5) is 0 Å². The van der Waals surface area contributed by atoms with Gasteiger partial charge in [-0.1, -0.05) is 138 Å². The summed E-state index contributed by atoms with van der Waals surface area (Å²) in [6, 6.07) is 23.4. The number of rotatable bonds is 5. The van der Waals surface area contributed by atoms with E-state index in [2.05, 4.69) is 134 Å². The Hall–Kier alpha value is -3.12. The molecule has 0 nitrogen and oxygen atoms in total. The molecule has 4 rings (SSSR count). The molecule has 0 saturated carbocycles. The Morgan fingerprint density at radius 1 is 0.861 bits per heavy atom. The van der Waals surface area contributed by atoms with Gasteiger partial charge in [-0.15, -0.1) is 0 Å². The fourth-order valence-corrected chi connectivity index (χ4v) is 5.32. The zero-order chi connectivity index (χ0) is 26.7. The lowest BCUT2D eigenvalue weighted by Crippen LogP contribution is -2.29. The van der Waals surface area contributed by atoms with Crippen LogP contribution in [-0.4, -0.2) is 0 Å². The molecule has 0 spiro atoms. The molecule has 0 bridgehead atoms. The average molecular weight is 477 g/mol. The molecule has 0 N–H and O–H groups in total. The number of benzene rings is 3. The summed E-state index contributed by atoms with van der Waals surface area (Å²) >= 11 is 0. The highest BCUT2D eigenvalue weighted by atomic mass is 14.5. The van der Waals surface area contributed by atoms with Gasteiger partial charge in [0.05, 0.1) is 5.41 Å². The van der Waals surface area contributed by atoms with E-state index < -0.39 is 0 Å². The van der Waals surface area contributed by atoms with Crippen molar-refractivity contribution in [2.75, 3.05) is 0 Å². The van der Waals surface area contributed by atoms with Gasteiger partial charge in [-0.2, -0.15) is 0 Å². The molecule has 0 aromatic heterocycles. The van der Waals surface area contributed by atoms with Crippen molar-refractivity contribution in [3.63, 3.8) is 0 Å². The Morgan fingerprint density at radius 2 is 1.44 bits per heavy atom. The Morgan fingerprint density at radius 3 is 1.97 bits per heavy atom. The van der Waals surface area contributed by atoms with Gasteiger partial charge < -0.3 is 0 Å². The smallest absolute Gasteiger partial charge is 0.0710 e. The molecule has 0 fully saturated rings. The van der Waals surface area contributed by atoms with Crippen molar-refractivity contribution >= 4 is 0 Å². The Balaban J connectivity index is 0.00000176. The zero-order valence-corrected chi connectivity index (χ0v) is 23.9. The van der Waals surface area contributed by atoms with E-state index in [1.807, 2.05) is 13.8 Å². The van der Waals surface area contributed by atoms with E-state index in [9.17, 15) is 0 Å². The third-order valence-corrected chi connectivity index (χ3v) is 7.25. The molecule has 1 atom stereocenters. The SMILES string of the molecule is C=C(C)/C=C\C(=C/C)C1(c2ccc(C)cc2)c2cc(CC)ccc2-c2ccc(C(C)(C)C)cc21.CC. The summed E-state index contributed by atoms with van der Waals surface area (Å²) in [5, 5.41) is 0. The van der Waals surface area contributed by atoms with Gasteiger partial charge in [-0.3, -0.25) is 0 Å². The molecule has 1 aliphatic rings. The maximum absolute atomic E-state index is 4.14. The average Bonchev–Trinajstić information content (AvgIpc) is 3.15. The third-order valence-electron chi connectivity index (χ3n) is 7.25. The van der Waals surface area contributed by atoms with E-state index >= 15 is 0 Å². The lowest BCUT2D eigenvalue weighted by molar-refractivity contribution is 0.588. The predicted molar refractivity (Wildman–Crippen MR) is 160 cm³/mol. The van der Waals surface area contributed by atoms with Crippen LogP contribution < -0.4 is 0 Å². The molecule has 1 aliphatic carbocycles. The van der Waals surface area contributed by atoms with Crippen LogP contribution in [0.1, 0.15) is 88.8 Å². The Labute approximate surface area is 220 Å². The number of fused-ring (bicyclic) bond motifs is 3. The second-order valence-electron chi connectivity index (χ2n) is 10.8. The Bertz CT molecular complexity index is 1290. The first-order valence-corrected chi connectivity index (χ1v) is 13.5. The predicted octanol–water partition coefficient (Wildman–Crippen LogP) is 10.3. The van der Waals surface area contributed by atoms with Gasteiger partial charge >= 0.3 is 0 Å². The van der Waals surface area contributed by atoms with E-state index in [0.717, 1.165) is 12.0 Å². The lowest BCUT2D eigenvalue weighted by Gasteiger charge is -2.36. The van der Waals surface area contributed by atoms with Crippen LogP contribution in [0.5, 0.6) is 0 Å². The van der Waals surface area contributed by atoms with Gasteiger partial charge in [0.25, 0.3) is 0 Å². The summed E-state index contributed by atoms with van der Waals surface area (Å²) < 4.78 is 0. The molecule has 1 unspecified atom stereocenters. The quantitative estimate of drug-likeness (QED) is 0.321. The minimum atomic E-state index is -0.370. The number of aryl methyl sites for hydroxylation is 2. The molecule has 0 radical (unpaired) electrons. The van der Waals surface area contributed by atoms with E-state index in [0.29, 0.717) is 0 Å². The minimum absolute atomic E-state index is 0.0705. The molecule has 3 aromatic carbocycles. The number of allylic oxidation sites excluding steroid dienone is 5. The molecular weight excluding hydrogens is 432 g/mol. The fourth-order valence-electron chi connectivity index (χ4n) is 5.32. The first-order valence-electron chi connectivity index (χ1n) is 13.5.